The van der Waals surface area contributed by atoms with E-state index in [2.05, 4.69) is 43.2 Å². The van der Waals surface area contributed by atoms with Gasteiger partial charge in [0.1, 0.15) is 5.82 Å². The van der Waals surface area contributed by atoms with Crippen LogP contribution in [0.5, 0.6) is 0 Å². The standard InChI is InChI=1S/C12H20N2/c1-5-6-11-7-10(4)14-12(8-11)13-9(2)3/h7-9H,5-6H2,1-4H3,(H,13,14). The molecule has 0 spiro atoms. The molecule has 2 heteroatoms. The molecule has 0 aliphatic heterocycles. The maximum absolute atomic E-state index is 4.45. The number of nitrogens with zero attached hydrogens (tertiary/aromatic N) is 1. The number of hydrogen-bond acceptors (Lipinski definition) is 2. The molecule has 1 aromatic rings. The Labute approximate surface area is 86.8 Å². The number of pyridine rings is 1. The van der Waals surface area contributed by atoms with Crippen LogP contribution in [0.2, 0.25) is 0 Å². The minimum absolute atomic E-state index is 0.443. The molecule has 0 radical (unpaired) electrons. The fourth-order valence-corrected chi connectivity index (χ4v) is 1.54. The summed E-state index contributed by atoms with van der Waals surface area (Å²) < 4.78 is 0. The third-order valence-corrected chi connectivity index (χ3v) is 1.99. The largest absolute Gasteiger partial charge is 0.368 e. The smallest absolute Gasteiger partial charge is 0.126 e. The first kappa shape index (κ1) is 11.0. The molecule has 0 aliphatic carbocycles. The normalized spacial score (nSPS) is 10.6. The Hall–Kier alpha value is -1.05. The zero-order valence-corrected chi connectivity index (χ0v) is 9.59. The molecule has 0 atom stereocenters. The number of aromatic nitrogens is 1. The van der Waals surface area contributed by atoms with Gasteiger partial charge in [-0.05, 0) is 44.9 Å². The van der Waals surface area contributed by atoms with Crippen LogP contribution in [0.4, 0.5) is 5.82 Å². The zero-order chi connectivity index (χ0) is 10.6. The summed E-state index contributed by atoms with van der Waals surface area (Å²) in [5.74, 6) is 1.00. The molecule has 0 fully saturated rings. The van der Waals surface area contributed by atoms with Crippen LogP contribution in [-0.2, 0) is 6.42 Å². The summed E-state index contributed by atoms with van der Waals surface area (Å²) in [6, 6.07) is 4.75. The van der Waals surface area contributed by atoms with Gasteiger partial charge in [0.15, 0.2) is 0 Å². The number of hydrogen-bond donors (Lipinski definition) is 1. The van der Waals surface area contributed by atoms with Gasteiger partial charge in [-0.15, -0.1) is 0 Å². The van der Waals surface area contributed by atoms with Crippen LogP contribution >= 0.6 is 0 Å². The van der Waals surface area contributed by atoms with Crippen LogP contribution in [0.3, 0.4) is 0 Å². The summed E-state index contributed by atoms with van der Waals surface area (Å²) in [5.41, 5.74) is 2.47. The first-order valence-corrected chi connectivity index (χ1v) is 5.36. The molecule has 0 amide bonds. The van der Waals surface area contributed by atoms with E-state index in [0.717, 1.165) is 17.9 Å². The van der Waals surface area contributed by atoms with Gasteiger partial charge in [0.05, 0.1) is 0 Å². The molecule has 0 bridgehead atoms. The third-order valence-electron chi connectivity index (χ3n) is 1.99. The van der Waals surface area contributed by atoms with Gasteiger partial charge in [0, 0.05) is 11.7 Å². The Kier molecular flexibility index (Phi) is 3.93. The number of aryl methyl sites for hydroxylation is 2. The molecule has 0 saturated carbocycles. The zero-order valence-electron chi connectivity index (χ0n) is 9.59. The molecular formula is C12H20N2. The average Bonchev–Trinajstić information content (AvgIpc) is 2.01. The summed E-state index contributed by atoms with van der Waals surface area (Å²) in [6.45, 7) is 8.50. The van der Waals surface area contributed by atoms with Gasteiger partial charge < -0.3 is 5.32 Å². The van der Waals surface area contributed by atoms with Crippen LogP contribution in [0.25, 0.3) is 0 Å². The van der Waals surface area contributed by atoms with Crippen molar-refractivity contribution in [1.82, 2.24) is 4.98 Å². The minimum Gasteiger partial charge on any atom is -0.368 e. The van der Waals surface area contributed by atoms with E-state index in [-0.39, 0.29) is 0 Å². The highest BCUT2D eigenvalue weighted by Gasteiger charge is 2.00. The number of anilines is 1. The van der Waals surface area contributed by atoms with Crippen LogP contribution in [0.15, 0.2) is 12.1 Å². The Morgan fingerprint density at radius 2 is 2.07 bits per heavy atom. The van der Waals surface area contributed by atoms with Crippen molar-refractivity contribution in [3.8, 4) is 0 Å². The molecular weight excluding hydrogens is 172 g/mol. The van der Waals surface area contributed by atoms with Gasteiger partial charge in [0.2, 0.25) is 0 Å². The maximum Gasteiger partial charge on any atom is 0.126 e. The van der Waals surface area contributed by atoms with E-state index in [1.54, 1.807) is 0 Å². The fraction of sp³-hybridized carbons (Fsp3) is 0.583. The number of nitrogens with one attached hydrogen (secondary N) is 1. The summed E-state index contributed by atoms with van der Waals surface area (Å²) >= 11 is 0. The van der Waals surface area contributed by atoms with E-state index in [4.69, 9.17) is 0 Å². The van der Waals surface area contributed by atoms with Crippen molar-refractivity contribution in [3.63, 3.8) is 0 Å². The van der Waals surface area contributed by atoms with Crippen molar-refractivity contribution in [3.05, 3.63) is 23.4 Å². The Bertz CT molecular complexity index is 292. The molecule has 2 nitrogen and oxygen atoms in total. The monoisotopic (exact) mass is 192 g/mol. The summed E-state index contributed by atoms with van der Waals surface area (Å²) in [4.78, 5) is 4.45. The highest BCUT2D eigenvalue weighted by molar-refractivity contribution is 5.40. The maximum atomic E-state index is 4.45. The quantitative estimate of drug-likeness (QED) is 0.792. The summed E-state index contributed by atoms with van der Waals surface area (Å²) in [6.07, 6.45) is 2.32. The van der Waals surface area contributed by atoms with Crippen molar-refractivity contribution in [2.24, 2.45) is 0 Å². The predicted octanol–water partition coefficient (Wildman–Crippen LogP) is 3.16. The molecule has 14 heavy (non-hydrogen) atoms. The van der Waals surface area contributed by atoms with Gasteiger partial charge in [-0.25, -0.2) is 4.98 Å². The van der Waals surface area contributed by atoms with Crippen LogP contribution < -0.4 is 5.32 Å². The Morgan fingerprint density at radius 3 is 2.64 bits per heavy atom. The van der Waals surface area contributed by atoms with E-state index in [1.807, 2.05) is 6.92 Å². The Morgan fingerprint density at radius 1 is 1.36 bits per heavy atom. The lowest BCUT2D eigenvalue weighted by Gasteiger charge is -2.11. The predicted molar refractivity (Wildman–Crippen MR) is 61.7 cm³/mol. The molecule has 0 saturated heterocycles. The molecule has 0 unspecified atom stereocenters. The third kappa shape index (κ3) is 3.36. The van der Waals surface area contributed by atoms with Crippen LogP contribution in [0, 0.1) is 6.92 Å². The molecule has 0 aliphatic rings. The van der Waals surface area contributed by atoms with Gasteiger partial charge in [0.25, 0.3) is 0 Å². The minimum atomic E-state index is 0.443. The van der Waals surface area contributed by atoms with Gasteiger partial charge in [-0.3, -0.25) is 0 Å². The Balaban J connectivity index is 2.83. The lowest BCUT2D eigenvalue weighted by molar-refractivity contribution is 0.877. The number of rotatable bonds is 4. The van der Waals surface area contributed by atoms with Gasteiger partial charge in [-0.2, -0.15) is 0 Å². The first-order valence-electron chi connectivity index (χ1n) is 5.36. The second-order valence-electron chi connectivity index (χ2n) is 4.05. The van der Waals surface area contributed by atoms with E-state index >= 15 is 0 Å². The van der Waals surface area contributed by atoms with Crippen molar-refractivity contribution < 1.29 is 0 Å². The lowest BCUT2D eigenvalue weighted by atomic mass is 10.1. The van der Waals surface area contributed by atoms with E-state index < -0.39 is 0 Å². The average molecular weight is 192 g/mol. The summed E-state index contributed by atoms with van der Waals surface area (Å²) in [7, 11) is 0. The van der Waals surface area contributed by atoms with Crippen molar-refractivity contribution in [1.29, 1.82) is 0 Å². The molecule has 78 valence electrons. The molecule has 0 aromatic carbocycles. The molecule has 1 rings (SSSR count). The SMILES string of the molecule is CCCc1cc(C)nc(NC(C)C)c1. The molecule has 1 N–H and O–H groups in total. The van der Waals surface area contributed by atoms with Crippen molar-refractivity contribution in [2.75, 3.05) is 5.32 Å². The van der Waals surface area contributed by atoms with Gasteiger partial charge in [-0.1, -0.05) is 13.3 Å². The topological polar surface area (TPSA) is 24.9 Å². The highest BCUT2D eigenvalue weighted by Crippen LogP contribution is 2.12. The second kappa shape index (κ2) is 4.99. The van der Waals surface area contributed by atoms with Crippen molar-refractivity contribution >= 4 is 5.82 Å². The summed E-state index contributed by atoms with van der Waals surface area (Å²) in [5, 5.41) is 3.33. The molecule has 1 heterocycles. The van der Waals surface area contributed by atoms with Gasteiger partial charge >= 0.3 is 0 Å². The molecule has 1 aromatic heterocycles. The van der Waals surface area contributed by atoms with Crippen molar-refractivity contribution in [2.45, 2.75) is 46.6 Å². The highest BCUT2D eigenvalue weighted by atomic mass is 15.0. The van der Waals surface area contributed by atoms with E-state index in [1.165, 1.54) is 12.0 Å². The second-order valence-corrected chi connectivity index (χ2v) is 4.05. The fourth-order valence-electron chi connectivity index (χ4n) is 1.54. The van der Waals surface area contributed by atoms with Crippen LogP contribution in [-0.4, -0.2) is 11.0 Å². The lowest BCUT2D eigenvalue weighted by Crippen LogP contribution is -2.11. The van der Waals surface area contributed by atoms with E-state index in [9.17, 15) is 0 Å². The van der Waals surface area contributed by atoms with Crippen LogP contribution in [0.1, 0.15) is 38.4 Å². The van der Waals surface area contributed by atoms with E-state index in [0.29, 0.717) is 6.04 Å². The first-order chi connectivity index (χ1) is 6.61.